The van der Waals surface area contributed by atoms with Crippen LogP contribution < -0.4 is 0 Å². The molecule has 4 heterocycles. The summed E-state index contributed by atoms with van der Waals surface area (Å²) in [5.41, 5.74) is 1.95. The molecule has 1 spiro atoms. The highest BCUT2D eigenvalue weighted by atomic mass is 35.5. The molecule has 4 saturated heterocycles. The van der Waals surface area contributed by atoms with Gasteiger partial charge in [0.2, 0.25) is 5.91 Å². The number of amides is 3. The Balaban J connectivity index is 0.00000368. The topological polar surface area (TPSA) is 90.5 Å². The molecule has 234 valence electrons. The van der Waals surface area contributed by atoms with Gasteiger partial charge in [-0.25, -0.2) is 13.2 Å². The molecule has 0 bridgehead atoms. The third kappa shape index (κ3) is 6.87. The summed E-state index contributed by atoms with van der Waals surface area (Å²) < 4.78 is 29.0. The lowest BCUT2D eigenvalue weighted by Gasteiger charge is -2.39. The van der Waals surface area contributed by atoms with Crippen LogP contribution in [0.25, 0.3) is 0 Å². The highest BCUT2D eigenvalue weighted by Gasteiger charge is 2.48. The zero-order valence-electron chi connectivity index (χ0n) is 24.9. The predicted molar refractivity (Wildman–Crippen MR) is 167 cm³/mol. The molecule has 0 aromatic heterocycles. The largest absolute Gasteiger partial charge is 0.378 e. The van der Waals surface area contributed by atoms with E-state index < -0.39 is 9.84 Å². The van der Waals surface area contributed by atoms with Gasteiger partial charge < -0.3 is 24.3 Å². The number of hydrogen-bond donors (Lipinski definition) is 0. The molecule has 9 nitrogen and oxygen atoms in total. The molecule has 4 aliphatic rings. The fourth-order valence-electron chi connectivity index (χ4n) is 7.31. The first-order valence-electron chi connectivity index (χ1n) is 15.2. The monoisotopic (exact) mass is 630 g/mol. The van der Waals surface area contributed by atoms with Crippen molar-refractivity contribution >= 4 is 34.2 Å². The van der Waals surface area contributed by atoms with Crippen LogP contribution in [0.4, 0.5) is 4.79 Å². The standard InChI is InChI=1S/C32H42N4O5S.ClH/c1-42(39,40)28-9-7-25(8-10-28)21-35-16-13-32(30(35)37)11-14-33(15-12-32)22-27-23-36(31(38)34-17-19-41-20-18-34)24-29(27)26-5-3-2-4-6-26;/h2-10,27,29H,11-24H2,1H3;1H/t27-,29+;/m0./s1. The number of rotatable bonds is 6. The van der Waals surface area contributed by atoms with E-state index in [1.165, 1.54) is 11.8 Å². The van der Waals surface area contributed by atoms with Crippen LogP contribution in [0.5, 0.6) is 0 Å². The van der Waals surface area contributed by atoms with Crippen LogP contribution in [0.1, 0.15) is 36.3 Å². The van der Waals surface area contributed by atoms with Crippen molar-refractivity contribution in [3.8, 4) is 0 Å². The van der Waals surface area contributed by atoms with E-state index in [2.05, 4.69) is 29.2 Å². The van der Waals surface area contributed by atoms with Crippen molar-refractivity contribution in [3.05, 3.63) is 65.7 Å². The van der Waals surface area contributed by atoms with Gasteiger partial charge in [-0.05, 0) is 61.5 Å². The van der Waals surface area contributed by atoms with Gasteiger partial charge in [0.05, 0.1) is 23.5 Å². The molecule has 0 unspecified atom stereocenters. The van der Waals surface area contributed by atoms with E-state index in [1.807, 2.05) is 32.9 Å². The first kappa shape index (κ1) is 31.8. The smallest absolute Gasteiger partial charge is 0.320 e. The fraction of sp³-hybridized carbons (Fsp3) is 0.562. The molecule has 2 aromatic rings. The van der Waals surface area contributed by atoms with Crippen molar-refractivity contribution in [1.29, 1.82) is 0 Å². The van der Waals surface area contributed by atoms with Crippen molar-refractivity contribution in [1.82, 2.24) is 19.6 Å². The lowest BCUT2D eigenvalue weighted by molar-refractivity contribution is -0.139. The van der Waals surface area contributed by atoms with Gasteiger partial charge in [-0.2, -0.15) is 0 Å². The molecular weight excluding hydrogens is 588 g/mol. The number of hydrogen-bond acceptors (Lipinski definition) is 6. The number of carbonyl (C=O) groups excluding carboxylic acids is 2. The zero-order valence-corrected chi connectivity index (χ0v) is 26.5. The molecule has 2 atom stereocenters. The molecule has 11 heteroatoms. The van der Waals surface area contributed by atoms with Gasteiger partial charge >= 0.3 is 6.03 Å². The number of ether oxygens (including phenoxy) is 1. The lowest BCUT2D eigenvalue weighted by atomic mass is 9.76. The van der Waals surface area contributed by atoms with Gasteiger partial charge in [-0.1, -0.05) is 42.5 Å². The summed E-state index contributed by atoms with van der Waals surface area (Å²) in [5.74, 6) is 0.876. The van der Waals surface area contributed by atoms with E-state index in [0.717, 1.165) is 64.1 Å². The van der Waals surface area contributed by atoms with Crippen LogP contribution in [-0.2, 0) is 25.9 Å². The summed E-state index contributed by atoms with van der Waals surface area (Å²) in [5, 5.41) is 0. The average molecular weight is 631 g/mol. The Kier molecular flexibility index (Phi) is 9.70. The van der Waals surface area contributed by atoms with Crippen molar-refractivity contribution in [2.24, 2.45) is 11.3 Å². The van der Waals surface area contributed by atoms with Crippen LogP contribution in [0.15, 0.2) is 59.5 Å². The van der Waals surface area contributed by atoms with Crippen molar-refractivity contribution in [2.45, 2.75) is 36.6 Å². The van der Waals surface area contributed by atoms with Crippen LogP contribution in [0, 0.1) is 11.3 Å². The Morgan fingerprint density at radius 1 is 0.884 bits per heavy atom. The Hall–Kier alpha value is -2.66. The minimum absolute atomic E-state index is 0. The molecule has 4 fully saturated rings. The third-order valence-corrected chi connectivity index (χ3v) is 11.0. The zero-order chi connectivity index (χ0) is 29.3. The van der Waals surface area contributed by atoms with Crippen molar-refractivity contribution < 1.29 is 22.7 Å². The molecule has 0 N–H and O–H groups in total. The van der Waals surface area contributed by atoms with E-state index in [1.54, 1.807) is 12.1 Å². The van der Waals surface area contributed by atoms with Gasteiger partial charge in [0.1, 0.15) is 0 Å². The van der Waals surface area contributed by atoms with Gasteiger partial charge in [0.25, 0.3) is 0 Å². The second-order valence-corrected chi connectivity index (χ2v) is 14.6. The second-order valence-electron chi connectivity index (χ2n) is 12.5. The molecule has 4 aliphatic heterocycles. The summed E-state index contributed by atoms with van der Waals surface area (Å²) in [6, 6.07) is 17.6. The molecule has 0 radical (unpaired) electrons. The minimum atomic E-state index is -3.24. The molecular formula is C32H43ClN4O5S. The van der Waals surface area contributed by atoms with E-state index in [4.69, 9.17) is 4.74 Å². The van der Waals surface area contributed by atoms with E-state index in [9.17, 15) is 18.0 Å². The van der Waals surface area contributed by atoms with Gasteiger partial charge in [0, 0.05) is 58.0 Å². The normalized spacial score (nSPS) is 24.4. The molecule has 0 saturated carbocycles. The number of halogens is 1. The van der Waals surface area contributed by atoms with Crippen molar-refractivity contribution in [2.75, 3.05) is 71.8 Å². The summed E-state index contributed by atoms with van der Waals surface area (Å²) in [7, 11) is -3.24. The van der Waals surface area contributed by atoms with Gasteiger partial charge in [0.15, 0.2) is 9.84 Å². The summed E-state index contributed by atoms with van der Waals surface area (Å²) in [6.45, 7) is 7.96. The number of sulfone groups is 1. The SMILES string of the molecule is CS(=O)(=O)c1ccc(CN2CCC3(CCN(C[C@H]4CN(C(=O)N5CCOCC5)C[C@@H]4c4ccccc4)CC3)C2=O)cc1.Cl. The molecule has 2 aromatic carbocycles. The number of morpholine rings is 1. The van der Waals surface area contributed by atoms with E-state index >= 15 is 0 Å². The average Bonchev–Trinajstić information content (AvgIpc) is 3.56. The minimum Gasteiger partial charge on any atom is -0.378 e. The number of urea groups is 1. The first-order chi connectivity index (χ1) is 20.2. The number of likely N-dealkylation sites (tertiary alicyclic amines) is 3. The molecule has 6 rings (SSSR count). The Labute approximate surface area is 261 Å². The van der Waals surface area contributed by atoms with Crippen LogP contribution in [0.2, 0.25) is 0 Å². The fourth-order valence-corrected chi connectivity index (χ4v) is 7.94. The first-order valence-corrected chi connectivity index (χ1v) is 17.1. The van der Waals surface area contributed by atoms with Crippen molar-refractivity contribution in [3.63, 3.8) is 0 Å². The van der Waals surface area contributed by atoms with Crippen LogP contribution >= 0.6 is 12.4 Å². The quantitative estimate of drug-likeness (QED) is 0.486. The molecule has 3 amide bonds. The number of benzene rings is 2. The molecule has 43 heavy (non-hydrogen) atoms. The maximum atomic E-state index is 13.6. The number of nitrogens with zero attached hydrogens (tertiary/aromatic N) is 4. The third-order valence-electron chi connectivity index (χ3n) is 9.85. The van der Waals surface area contributed by atoms with E-state index in [0.29, 0.717) is 49.6 Å². The maximum absolute atomic E-state index is 13.6. The summed E-state index contributed by atoms with van der Waals surface area (Å²) in [4.78, 5) is 35.7. The lowest BCUT2D eigenvalue weighted by Crippen LogP contribution is -2.48. The van der Waals surface area contributed by atoms with E-state index in [-0.39, 0.29) is 29.8 Å². The summed E-state index contributed by atoms with van der Waals surface area (Å²) in [6.07, 6.45) is 3.79. The number of piperidine rings is 1. The van der Waals surface area contributed by atoms with Crippen LogP contribution in [0.3, 0.4) is 0 Å². The maximum Gasteiger partial charge on any atom is 0.320 e. The summed E-state index contributed by atoms with van der Waals surface area (Å²) >= 11 is 0. The van der Waals surface area contributed by atoms with Crippen LogP contribution in [-0.4, -0.2) is 112 Å². The Morgan fingerprint density at radius 2 is 1.53 bits per heavy atom. The second kappa shape index (κ2) is 13.1. The predicted octanol–water partition coefficient (Wildman–Crippen LogP) is 3.49. The Bertz CT molecular complexity index is 1380. The molecule has 0 aliphatic carbocycles. The highest BCUT2D eigenvalue weighted by molar-refractivity contribution is 7.90. The van der Waals surface area contributed by atoms with Gasteiger partial charge in [-0.15, -0.1) is 12.4 Å². The number of carbonyl (C=O) groups is 2. The Morgan fingerprint density at radius 3 is 2.19 bits per heavy atom. The van der Waals surface area contributed by atoms with Gasteiger partial charge in [-0.3, -0.25) is 4.79 Å². The highest BCUT2D eigenvalue weighted by Crippen LogP contribution is 2.43.